The number of carbonyl (C=O) groups excluding carboxylic acids is 2. The standard InChI is InChI=1S/C24H32ClN3O3S/c1-15(2)13-31-21(29)19-16(3)26-23-28(11-6-12-32-23)20(19)17-7-9-18(10-8-17)27-22(30)24(4,5)14-25/h7-10,15,20H,6,11-14H2,1-5H3,(H,27,30). The third-order valence-corrected chi connectivity index (χ3v) is 7.20. The molecular formula is C24H32ClN3O3S. The van der Waals surface area contributed by atoms with Crippen LogP contribution in [0.3, 0.4) is 0 Å². The molecule has 1 unspecified atom stereocenters. The van der Waals surface area contributed by atoms with E-state index in [0.29, 0.717) is 23.6 Å². The number of fused-ring (bicyclic) bond motifs is 1. The molecule has 1 fully saturated rings. The zero-order valence-electron chi connectivity index (χ0n) is 19.4. The van der Waals surface area contributed by atoms with Crippen molar-refractivity contribution in [3.63, 3.8) is 0 Å². The molecule has 1 aromatic carbocycles. The number of nitrogens with zero attached hydrogens (tertiary/aromatic N) is 2. The lowest BCUT2D eigenvalue weighted by atomic mass is 9.93. The normalized spacial score (nSPS) is 18.9. The number of alkyl halides is 1. The van der Waals surface area contributed by atoms with Crippen LogP contribution in [-0.2, 0) is 14.3 Å². The van der Waals surface area contributed by atoms with Crippen molar-refractivity contribution in [3.8, 4) is 0 Å². The Kier molecular flexibility index (Phi) is 7.93. The summed E-state index contributed by atoms with van der Waals surface area (Å²) >= 11 is 7.64. The molecule has 1 amide bonds. The summed E-state index contributed by atoms with van der Waals surface area (Å²) in [6, 6.07) is 7.39. The van der Waals surface area contributed by atoms with Crippen LogP contribution in [0.25, 0.3) is 0 Å². The Morgan fingerprint density at radius 2 is 2.00 bits per heavy atom. The van der Waals surface area contributed by atoms with Crippen molar-refractivity contribution in [3.05, 3.63) is 41.1 Å². The molecule has 1 N–H and O–H groups in total. The fourth-order valence-electron chi connectivity index (χ4n) is 3.51. The Balaban J connectivity index is 1.91. The molecule has 0 aromatic heterocycles. The average molecular weight is 478 g/mol. The van der Waals surface area contributed by atoms with Gasteiger partial charge in [-0.05, 0) is 50.8 Å². The minimum absolute atomic E-state index is 0.131. The van der Waals surface area contributed by atoms with E-state index in [4.69, 9.17) is 21.3 Å². The minimum Gasteiger partial charge on any atom is -0.462 e. The molecule has 2 aliphatic rings. The number of ether oxygens (including phenoxy) is 1. The number of carbonyl (C=O) groups is 2. The van der Waals surface area contributed by atoms with Crippen molar-refractivity contribution >= 4 is 46.1 Å². The third kappa shape index (κ3) is 5.49. The van der Waals surface area contributed by atoms with Crippen LogP contribution in [0.15, 0.2) is 40.5 Å². The largest absolute Gasteiger partial charge is 0.462 e. The van der Waals surface area contributed by atoms with Crippen LogP contribution in [0.1, 0.15) is 52.6 Å². The van der Waals surface area contributed by atoms with Crippen LogP contribution in [0.2, 0.25) is 0 Å². The molecule has 8 heteroatoms. The highest BCUT2D eigenvalue weighted by molar-refractivity contribution is 8.13. The molecule has 6 nitrogen and oxygen atoms in total. The van der Waals surface area contributed by atoms with Gasteiger partial charge >= 0.3 is 5.97 Å². The summed E-state index contributed by atoms with van der Waals surface area (Å²) in [6.45, 7) is 10.7. The molecule has 2 heterocycles. The summed E-state index contributed by atoms with van der Waals surface area (Å²) in [4.78, 5) is 32.4. The summed E-state index contributed by atoms with van der Waals surface area (Å²) in [5, 5.41) is 3.87. The molecule has 32 heavy (non-hydrogen) atoms. The van der Waals surface area contributed by atoms with Gasteiger partial charge in [0.2, 0.25) is 5.91 Å². The Morgan fingerprint density at radius 3 is 2.62 bits per heavy atom. The van der Waals surface area contributed by atoms with Gasteiger partial charge in [0, 0.05) is 23.9 Å². The van der Waals surface area contributed by atoms with Crippen LogP contribution >= 0.6 is 23.4 Å². The molecule has 3 rings (SSSR count). The number of esters is 1. The van der Waals surface area contributed by atoms with E-state index in [9.17, 15) is 9.59 Å². The van der Waals surface area contributed by atoms with Gasteiger partial charge in [0.05, 0.1) is 29.3 Å². The molecule has 0 bridgehead atoms. The molecular weight excluding hydrogens is 446 g/mol. The molecule has 0 aliphatic carbocycles. The molecule has 174 valence electrons. The van der Waals surface area contributed by atoms with Gasteiger partial charge in [-0.3, -0.25) is 4.79 Å². The Labute approximate surface area is 199 Å². The first-order valence-electron chi connectivity index (χ1n) is 11.0. The lowest BCUT2D eigenvalue weighted by Gasteiger charge is -2.40. The first-order chi connectivity index (χ1) is 15.1. The lowest BCUT2D eigenvalue weighted by molar-refractivity contribution is -0.141. The van der Waals surface area contributed by atoms with Crippen molar-refractivity contribution in [1.82, 2.24) is 4.90 Å². The maximum Gasteiger partial charge on any atom is 0.338 e. The van der Waals surface area contributed by atoms with Crippen LogP contribution in [0.5, 0.6) is 0 Å². The number of thioether (sulfide) groups is 1. The van der Waals surface area contributed by atoms with E-state index < -0.39 is 5.41 Å². The number of amidine groups is 1. The predicted molar refractivity (Wildman–Crippen MR) is 132 cm³/mol. The number of hydrogen-bond acceptors (Lipinski definition) is 6. The number of halogens is 1. The van der Waals surface area contributed by atoms with Gasteiger partial charge in [0.1, 0.15) is 0 Å². The average Bonchev–Trinajstić information content (AvgIpc) is 2.77. The van der Waals surface area contributed by atoms with Crippen molar-refractivity contribution in [2.75, 3.05) is 30.1 Å². The molecule has 1 atom stereocenters. The van der Waals surface area contributed by atoms with Crippen molar-refractivity contribution in [2.45, 2.75) is 47.1 Å². The van der Waals surface area contributed by atoms with E-state index in [0.717, 1.165) is 29.4 Å². The van der Waals surface area contributed by atoms with Crippen LogP contribution in [0, 0.1) is 11.3 Å². The fraction of sp³-hybridized carbons (Fsp3) is 0.542. The number of allylic oxidation sites excluding steroid dienone is 1. The van der Waals surface area contributed by atoms with Gasteiger partial charge in [-0.25, -0.2) is 9.79 Å². The van der Waals surface area contributed by atoms with Crippen LogP contribution in [0.4, 0.5) is 5.69 Å². The highest BCUT2D eigenvalue weighted by atomic mass is 35.5. The monoisotopic (exact) mass is 477 g/mol. The third-order valence-electron chi connectivity index (χ3n) is 5.46. The van der Waals surface area contributed by atoms with Gasteiger partial charge < -0.3 is 15.0 Å². The van der Waals surface area contributed by atoms with Gasteiger partial charge in [-0.1, -0.05) is 37.7 Å². The van der Waals surface area contributed by atoms with Gasteiger partial charge in [0.25, 0.3) is 0 Å². The van der Waals surface area contributed by atoms with E-state index in [1.165, 1.54) is 0 Å². The fourth-order valence-corrected chi connectivity index (χ4v) is 4.65. The van der Waals surface area contributed by atoms with Crippen molar-refractivity contribution < 1.29 is 14.3 Å². The summed E-state index contributed by atoms with van der Waals surface area (Å²) < 4.78 is 5.60. The molecule has 0 spiro atoms. The predicted octanol–water partition coefficient (Wildman–Crippen LogP) is 5.21. The number of hydrogen-bond donors (Lipinski definition) is 1. The number of anilines is 1. The second-order valence-corrected chi connectivity index (χ2v) is 10.6. The summed E-state index contributed by atoms with van der Waals surface area (Å²) in [7, 11) is 0. The highest BCUT2D eigenvalue weighted by Crippen LogP contribution is 2.40. The SMILES string of the molecule is CC1=C(C(=O)OCC(C)C)C(c2ccc(NC(=O)C(C)(C)CCl)cc2)N2CCCSC2=N1. The number of benzene rings is 1. The number of amides is 1. The first kappa shape index (κ1) is 24.6. The van der Waals surface area contributed by atoms with Crippen LogP contribution < -0.4 is 5.32 Å². The van der Waals surface area contributed by atoms with E-state index >= 15 is 0 Å². The van der Waals surface area contributed by atoms with Crippen LogP contribution in [-0.4, -0.2) is 46.7 Å². The lowest BCUT2D eigenvalue weighted by Crippen LogP contribution is -2.42. The van der Waals surface area contributed by atoms with Gasteiger partial charge in [-0.15, -0.1) is 11.6 Å². The van der Waals surface area contributed by atoms with Crippen molar-refractivity contribution in [1.29, 1.82) is 0 Å². The number of nitrogens with one attached hydrogen (secondary N) is 1. The quantitative estimate of drug-likeness (QED) is 0.431. The molecule has 0 saturated carbocycles. The minimum atomic E-state index is -0.660. The number of aliphatic imine (C=N–C) groups is 1. The van der Waals surface area contributed by atoms with E-state index in [2.05, 4.69) is 10.2 Å². The Hall–Kier alpha value is -1.99. The zero-order valence-corrected chi connectivity index (χ0v) is 21.0. The Bertz CT molecular complexity index is 925. The van der Waals surface area contributed by atoms with E-state index in [-0.39, 0.29) is 29.7 Å². The van der Waals surface area contributed by atoms with E-state index in [1.54, 1.807) is 11.8 Å². The number of rotatable bonds is 7. The highest BCUT2D eigenvalue weighted by Gasteiger charge is 2.38. The molecule has 1 saturated heterocycles. The summed E-state index contributed by atoms with van der Waals surface area (Å²) in [5.74, 6) is 1.06. The van der Waals surface area contributed by atoms with E-state index in [1.807, 2.05) is 58.9 Å². The van der Waals surface area contributed by atoms with Gasteiger partial charge in [0.15, 0.2) is 5.17 Å². The summed E-state index contributed by atoms with van der Waals surface area (Å²) in [6.07, 6.45) is 1.02. The smallest absolute Gasteiger partial charge is 0.338 e. The second kappa shape index (κ2) is 10.3. The Morgan fingerprint density at radius 1 is 1.31 bits per heavy atom. The van der Waals surface area contributed by atoms with Crippen molar-refractivity contribution in [2.24, 2.45) is 16.3 Å². The molecule has 1 aromatic rings. The molecule has 2 aliphatic heterocycles. The summed E-state index contributed by atoms with van der Waals surface area (Å²) in [5.41, 5.74) is 2.28. The van der Waals surface area contributed by atoms with Gasteiger partial charge in [-0.2, -0.15) is 0 Å². The maximum atomic E-state index is 13.1. The zero-order chi connectivity index (χ0) is 23.5. The second-order valence-electron chi connectivity index (χ2n) is 9.28. The maximum absolute atomic E-state index is 13.1. The first-order valence-corrected chi connectivity index (χ1v) is 12.5. The molecule has 0 radical (unpaired) electrons. The topological polar surface area (TPSA) is 71.0 Å².